The summed E-state index contributed by atoms with van der Waals surface area (Å²) in [5.74, 6) is -2.10. The smallest absolute Gasteiger partial charge is 0.326 e. The first-order valence-electron chi connectivity index (χ1n) is 6.22. The number of hydrogen-bond donors (Lipinski definition) is 4. The molecule has 0 aliphatic rings. The van der Waals surface area contributed by atoms with Crippen molar-refractivity contribution in [3.8, 4) is 0 Å². The summed E-state index contributed by atoms with van der Waals surface area (Å²) in [5.41, 5.74) is 4.73. The highest BCUT2D eigenvalue weighted by molar-refractivity contribution is 5.87. The van der Waals surface area contributed by atoms with Crippen LogP contribution in [0.15, 0.2) is 0 Å². The van der Waals surface area contributed by atoms with Crippen LogP contribution in [0.1, 0.15) is 26.7 Å². The van der Waals surface area contributed by atoms with Crippen molar-refractivity contribution in [2.24, 2.45) is 11.1 Å². The lowest BCUT2D eigenvalue weighted by molar-refractivity contribution is -0.140. The molecule has 8 heteroatoms. The fraction of sp³-hybridized carbons (Fsp3) is 0.750. The lowest BCUT2D eigenvalue weighted by atomic mass is 9.90. The van der Waals surface area contributed by atoms with E-state index < -0.39 is 30.4 Å². The van der Waals surface area contributed by atoms with Gasteiger partial charge in [0.25, 0.3) is 0 Å². The molecule has 0 saturated carbocycles. The van der Waals surface area contributed by atoms with E-state index in [1.54, 1.807) is 7.11 Å². The Kier molecular flexibility index (Phi) is 7.60. The van der Waals surface area contributed by atoms with Crippen molar-refractivity contribution >= 4 is 17.9 Å². The molecule has 5 N–H and O–H groups in total. The maximum Gasteiger partial charge on any atom is 0.326 e. The van der Waals surface area contributed by atoms with Crippen LogP contribution < -0.4 is 16.4 Å². The monoisotopic (exact) mass is 289 g/mol. The molecule has 0 saturated heterocycles. The number of carbonyl (C=O) groups is 3. The van der Waals surface area contributed by atoms with Crippen molar-refractivity contribution in [2.75, 3.05) is 20.3 Å². The summed E-state index contributed by atoms with van der Waals surface area (Å²) in [6.45, 7) is 4.82. The van der Waals surface area contributed by atoms with Gasteiger partial charge < -0.3 is 26.2 Å². The van der Waals surface area contributed by atoms with E-state index in [-0.39, 0.29) is 5.41 Å². The molecule has 0 aromatic heterocycles. The number of carboxylic acids is 1. The summed E-state index contributed by atoms with van der Waals surface area (Å²) in [4.78, 5) is 33.1. The van der Waals surface area contributed by atoms with E-state index in [2.05, 4.69) is 10.6 Å². The summed E-state index contributed by atoms with van der Waals surface area (Å²) in [5, 5.41) is 13.6. The number of urea groups is 1. The molecular weight excluding hydrogens is 266 g/mol. The van der Waals surface area contributed by atoms with Gasteiger partial charge in [0.15, 0.2) is 0 Å². The molecule has 0 heterocycles. The van der Waals surface area contributed by atoms with Crippen molar-refractivity contribution < 1.29 is 24.2 Å². The fourth-order valence-corrected chi connectivity index (χ4v) is 1.40. The summed E-state index contributed by atoms with van der Waals surface area (Å²) in [6, 6.07) is -1.97. The second-order valence-electron chi connectivity index (χ2n) is 5.30. The van der Waals surface area contributed by atoms with E-state index in [1.165, 1.54) is 0 Å². The molecule has 0 spiro atoms. The largest absolute Gasteiger partial charge is 0.480 e. The fourth-order valence-electron chi connectivity index (χ4n) is 1.40. The molecule has 0 fully saturated rings. The first kappa shape index (κ1) is 18.2. The molecule has 8 nitrogen and oxygen atoms in total. The molecule has 0 aromatic rings. The number of carboxylic acid groups (broad SMARTS) is 1. The van der Waals surface area contributed by atoms with Gasteiger partial charge in [-0.15, -0.1) is 0 Å². The summed E-state index contributed by atoms with van der Waals surface area (Å²) in [6.07, 6.45) is 0.295. The van der Waals surface area contributed by atoms with Crippen LogP contribution in [-0.4, -0.2) is 49.3 Å². The molecule has 0 rings (SSSR count). The Morgan fingerprint density at radius 1 is 1.35 bits per heavy atom. The van der Waals surface area contributed by atoms with Crippen molar-refractivity contribution in [1.82, 2.24) is 10.6 Å². The third-order valence-corrected chi connectivity index (χ3v) is 2.72. The Bertz CT molecular complexity index is 357. The molecule has 0 aromatic carbocycles. The third kappa shape index (κ3) is 8.30. The van der Waals surface area contributed by atoms with Crippen LogP contribution in [0.2, 0.25) is 0 Å². The first-order valence-corrected chi connectivity index (χ1v) is 6.22. The molecule has 0 radical (unpaired) electrons. The van der Waals surface area contributed by atoms with Gasteiger partial charge in [-0.2, -0.15) is 0 Å². The van der Waals surface area contributed by atoms with E-state index in [0.29, 0.717) is 13.2 Å². The van der Waals surface area contributed by atoms with Crippen LogP contribution >= 0.6 is 0 Å². The quantitative estimate of drug-likeness (QED) is 0.462. The number of aliphatic carboxylic acids is 1. The number of primary amides is 1. The first-order chi connectivity index (χ1) is 9.18. The van der Waals surface area contributed by atoms with Crippen molar-refractivity contribution in [2.45, 2.75) is 32.7 Å². The predicted molar refractivity (Wildman–Crippen MR) is 72.0 cm³/mol. The van der Waals surface area contributed by atoms with Gasteiger partial charge >= 0.3 is 12.0 Å². The zero-order valence-corrected chi connectivity index (χ0v) is 12.1. The summed E-state index contributed by atoms with van der Waals surface area (Å²) >= 11 is 0. The van der Waals surface area contributed by atoms with Crippen LogP contribution in [0.4, 0.5) is 4.79 Å². The van der Waals surface area contributed by atoms with Gasteiger partial charge in [0, 0.05) is 20.3 Å². The molecule has 3 amide bonds. The Labute approximate surface area is 118 Å². The van der Waals surface area contributed by atoms with E-state index >= 15 is 0 Å². The minimum atomic E-state index is -1.32. The second kappa shape index (κ2) is 8.36. The van der Waals surface area contributed by atoms with E-state index in [9.17, 15) is 14.4 Å². The highest BCUT2D eigenvalue weighted by Crippen LogP contribution is 2.18. The van der Waals surface area contributed by atoms with Gasteiger partial charge in [-0.3, -0.25) is 4.79 Å². The van der Waals surface area contributed by atoms with Gasteiger partial charge in [0.2, 0.25) is 5.91 Å². The van der Waals surface area contributed by atoms with Crippen LogP contribution in [0.25, 0.3) is 0 Å². The van der Waals surface area contributed by atoms with Gasteiger partial charge in [-0.05, 0) is 11.8 Å². The molecule has 0 bridgehead atoms. The molecule has 116 valence electrons. The molecule has 0 aliphatic carbocycles. The highest BCUT2D eigenvalue weighted by atomic mass is 16.5. The molecule has 20 heavy (non-hydrogen) atoms. The number of rotatable bonds is 9. The number of methoxy groups -OCH3 is 1. The third-order valence-electron chi connectivity index (χ3n) is 2.72. The minimum Gasteiger partial charge on any atom is -0.480 e. The maximum absolute atomic E-state index is 11.6. The standard InChI is InChI=1S/C12H23N3O5/c1-12(2,4-5-20-3)7-14-11(19)15-8(10(17)18)6-9(13)16/h8H,4-7H2,1-3H3,(H2,13,16)(H,17,18)(H2,14,15,19)/t8-/m1/s1. The lowest BCUT2D eigenvalue weighted by Crippen LogP contribution is -2.49. The lowest BCUT2D eigenvalue weighted by Gasteiger charge is -2.25. The van der Waals surface area contributed by atoms with Crippen LogP contribution in [0.5, 0.6) is 0 Å². The Hall–Kier alpha value is -1.83. The van der Waals surface area contributed by atoms with E-state index in [0.717, 1.165) is 6.42 Å². The maximum atomic E-state index is 11.6. The highest BCUT2D eigenvalue weighted by Gasteiger charge is 2.23. The molecule has 0 unspecified atom stereocenters. The van der Waals surface area contributed by atoms with Gasteiger partial charge in [-0.1, -0.05) is 13.8 Å². The summed E-state index contributed by atoms with van der Waals surface area (Å²) in [7, 11) is 1.59. The number of ether oxygens (including phenoxy) is 1. The van der Waals surface area contributed by atoms with Crippen molar-refractivity contribution in [3.05, 3.63) is 0 Å². The van der Waals surface area contributed by atoms with Gasteiger partial charge in [0.05, 0.1) is 6.42 Å². The minimum absolute atomic E-state index is 0.185. The number of carbonyl (C=O) groups excluding carboxylic acids is 2. The van der Waals surface area contributed by atoms with Crippen molar-refractivity contribution in [3.63, 3.8) is 0 Å². The summed E-state index contributed by atoms with van der Waals surface area (Å²) < 4.78 is 4.97. The molecule has 1 atom stereocenters. The van der Waals surface area contributed by atoms with E-state index in [1.807, 2.05) is 13.8 Å². The number of nitrogens with one attached hydrogen (secondary N) is 2. The average molecular weight is 289 g/mol. The zero-order valence-electron chi connectivity index (χ0n) is 12.1. The Morgan fingerprint density at radius 3 is 2.40 bits per heavy atom. The zero-order chi connectivity index (χ0) is 15.8. The second-order valence-corrected chi connectivity index (χ2v) is 5.30. The van der Waals surface area contributed by atoms with E-state index in [4.69, 9.17) is 15.6 Å². The van der Waals surface area contributed by atoms with Gasteiger partial charge in [0.1, 0.15) is 6.04 Å². The predicted octanol–water partition coefficient (Wildman–Crippen LogP) is -0.323. The topological polar surface area (TPSA) is 131 Å². The van der Waals surface area contributed by atoms with Gasteiger partial charge in [-0.25, -0.2) is 9.59 Å². The SMILES string of the molecule is COCCC(C)(C)CNC(=O)N[C@H](CC(N)=O)C(=O)O. The van der Waals surface area contributed by atoms with Crippen LogP contribution in [0, 0.1) is 5.41 Å². The number of amides is 3. The average Bonchev–Trinajstić information content (AvgIpc) is 2.33. The number of hydrogen-bond acceptors (Lipinski definition) is 4. The van der Waals surface area contributed by atoms with Crippen molar-refractivity contribution in [1.29, 1.82) is 0 Å². The number of nitrogens with two attached hydrogens (primary N) is 1. The molecule has 0 aliphatic heterocycles. The van der Waals surface area contributed by atoms with Crippen LogP contribution in [0.3, 0.4) is 0 Å². The van der Waals surface area contributed by atoms with Crippen LogP contribution in [-0.2, 0) is 14.3 Å². The normalized spacial score (nSPS) is 12.6. The Balaban J connectivity index is 4.26. The Morgan fingerprint density at radius 2 is 1.95 bits per heavy atom. The molecular formula is C12H23N3O5.